The van der Waals surface area contributed by atoms with Crippen LogP contribution in [0.4, 0.5) is 5.69 Å². The number of amides is 2. The Hall–Kier alpha value is -1.11. The van der Waals surface area contributed by atoms with Crippen LogP contribution in [0.2, 0.25) is 0 Å². The monoisotopic (exact) mass is 372 g/mol. The molecule has 0 radical (unpaired) electrons. The van der Waals surface area contributed by atoms with Crippen LogP contribution in [0.1, 0.15) is 26.7 Å². The van der Waals surface area contributed by atoms with Gasteiger partial charge in [0.05, 0.1) is 6.42 Å². The van der Waals surface area contributed by atoms with Crippen LogP contribution in [0.25, 0.3) is 0 Å². The molecule has 0 spiro atoms. The number of hydrogen-bond donors (Lipinski definition) is 1. The van der Waals surface area contributed by atoms with E-state index in [9.17, 15) is 9.59 Å². The number of hydrogen-bond acceptors (Lipinski definition) is 3. The number of carbonyl (C=O) groups excluding carboxylic acids is 2. The quantitative estimate of drug-likeness (QED) is 0.653. The minimum absolute atomic E-state index is 0.0245. The van der Waals surface area contributed by atoms with Gasteiger partial charge in [0.25, 0.3) is 5.91 Å². The molecule has 0 bridgehead atoms. The highest BCUT2D eigenvalue weighted by molar-refractivity contribution is 14.1. The van der Waals surface area contributed by atoms with Crippen molar-refractivity contribution in [3.8, 4) is 0 Å². The molecule has 2 atom stereocenters. The number of rotatable bonds is 4. The molecule has 1 saturated heterocycles. The van der Waals surface area contributed by atoms with E-state index in [4.69, 9.17) is 0 Å². The lowest BCUT2D eigenvalue weighted by Crippen LogP contribution is -2.40. The second-order valence-electron chi connectivity index (χ2n) is 4.77. The van der Waals surface area contributed by atoms with Crippen molar-refractivity contribution in [2.45, 2.75) is 38.8 Å². The van der Waals surface area contributed by atoms with Crippen LogP contribution in [0.15, 0.2) is 24.3 Å². The molecule has 1 aromatic carbocycles. The van der Waals surface area contributed by atoms with Crippen molar-refractivity contribution in [2.75, 3.05) is 5.32 Å². The van der Waals surface area contributed by atoms with Crippen LogP contribution in [0.5, 0.6) is 0 Å². The highest BCUT2D eigenvalue weighted by Crippen LogP contribution is 2.22. The van der Waals surface area contributed by atoms with Crippen LogP contribution >= 0.6 is 22.6 Å². The van der Waals surface area contributed by atoms with E-state index >= 15 is 0 Å². The van der Waals surface area contributed by atoms with Crippen LogP contribution < -0.4 is 5.32 Å². The summed E-state index contributed by atoms with van der Waals surface area (Å²) in [6.45, 7) is 3.88. The van der Waals surface area contributed by atoms with E-state index < -0.39 is 6.04 Å². The number of nitrogens with zero attached hydrogens (tertiary/aromatic N) is 1. The molecule has 0 aromatic heterocycles. The fraction of sp³-hybridized carbons (Fsp3) is 0.429. The molecule has 1 aromatic rings. The van der Waals surface area contributed by atoms with Crippen molar-refractivity contribution >= 4 is 40.1 Å². The molecule has 2 unspecified atom stereocenters. The lowest BCUT2D eigenvalue weighted by atomic mass is 10.2. The van der Waals surface area contributed by atoms with E-state index in [-0.39, 0.29) is 24.3 Å². The van der Waals surface area contributed by atoms with Gasteiger partial charge in [-0.05, 0) is 60.2 Å². The average Bonchev–Trinajstić information content (AvgIpc) is 2.66. The second kappa shape index (κ2) is 5.90. The molecule has 1 aliphatic heterocycles. The summed E-state index contributed by atoms with van der Waals surface area (Å²) in [4.78, 5) is 25.5. The van der Waals surface area contributed by atoms with Gasteiger partial charge < -0.3 is 5.32 Å². The Morgan fingerprint density at radius 2 is 2.00 bits per heavy atom. The van der Waals surface area contributed by atoms with Crippen molar-refractivity contribution in [3.63, 3.8) is 0 Å². The van der Waals surface area contributed by atoms with Gasteiger partial charge in [-0.15, -0.1) is 0 Å². The van der Waals surface area contributed by atoms with E-state index in [0.717, 1.165) is 15.7 Å². The van der Waals surface area contributed by atoms with Gasteiger partial charge in [0.2, 0.25) is 5.91 Å². The first-order valence-corrected chi connectivity index (χ1v) is 7.48. The molecule has 1 heterocycles. The topological polar surface area (TPSA) is 49.4 Å². The standard InChI is InChI=1S/C14H17IN2O2/c1-3-9(2)17-13(18)8-12(14(17)19)16-11-6-4-10(15)5-7-11/h4-7,9,12,16H,3,8H2,1-2H3. The van der Waals surface area contributed by atoms with E-state index in [1.807, 2.05) is 38.1 Å². The Kier molecular flexibility index (Phi) is 4.44. The van der Waals surface area contributed by atoms with Crippen LogP contribution in [0, 0.1) is 3.57 Å². The highest BCUT2D eigenvalue weighted by atomic mass is 127. The van der Waals surface area contributed by atoms with Gasteiger partial charge in [-0.25, -0.2) is 0 Å². The fourth-order valence-corrected chi connectivity index (χ4v) is 2.52. The predicted molar refractivity (Wildman–Crippen MR) is 82.8 cm³/mol. The lowest BCUT2D eigenvalue weighted by molar-refractivity contribution is -0.140. The van der Waals surface area contributed by atoms with Crippen molar-refractivity contribution in [3.05, 3.63) is 27.8 Å². The van der Waals surface area contributed by atoms with Crippen molar-refractivity contribution in [1.82, 2.24) is 4.90 Å². The first-order chi connectivity index (χ1) is 9.02. The predicted octanol–water partition coefficient (Wildman–Crippen LogP) is 2.63. The summed E-state index contributed by atoms with van der Waals surface area (Å²) in [5, 5.41) is 3.14. The van der Waals surface area contributed by atoms with E-state index in [1.165, 1.54) is 4.90 Å². The van der Waals surface area contributed by atoms with Gasteiger partial charge in [0, 0.05) is 15.3 Å². The maximum atomic E-state index is 12.2. The van der Waals surface area contributed by atoms with Gasteiger partial charge in [0.15, 0.2) is 0 Å². The molecule has 1 N–H and O–H groups in total. The first-order valence-electron chi connectivity index (χ1n) is 6.41. The highest BCUT2D eigenvalue weighted by Gasteiger charge is 2.40. The number of benzene rings is 1. The summed E-state index contributed by atoms with van der Waals surface area (Å²) in [5.74, 6) is -0.194. The molecule has 102 valence electrons. The number of halogens is 1. The zero-order valence-electron chi connectivity index (χ0n) is 11.0. The Bertz CT molecular complexity index is 487. The Morgan fingerprint density at radius 3 is 2.58 bits per heavy atom. The summed E-state index contributed by atoms with van der Waals surface area (Å²) in [7, 11) is 0. The van der Waals surface area contributed by atoms with Crippen LogP contribution in [0.3, 0.4) is 0 Å². The first kappa shape index (κ1) is 14.3. The molecule has 19 heavy (non-hydrogen) atoms. The summed E-state index contributed by atoms with van der Waals surface area (Å²) in [5.41, 5.74) is 0.873. The minimum atomic E-state index is -0.429. The maximum Gasteiger partial charge on any atom is 0.252 e. The second-order valence-corrected chi connectivity index (χ2v) is 6.01. The van der Waals surface area contributed by atoms with E-state index in [2.05, 4.69) is 27.9 Å². The van der Waals surface area contributed by atoms with Crippen molar-refractivity contribution in [1.29, 1.82) is 0 Å². The molecular formula is C14H17IN2O2. The third-order valence-electron chi connectivity index (χ3n) is 3.40. The molecule has 0 aliphatic carbocycles. The van der Waals surface area contributed by atoms with Crippen molar-refractivity contribution in [2.24, 2.45) is 0 Å². The third kappa shape index (κ3) is 3.08. The summed E-state index contributed by atoms with van der Waals surface area (Å²) in [6, 6.07) is 7.33. The summed E-state index contributed by atoms with van der Waals surface area (Å²) < 4.78 is 1.14. The normalized spacial score (nSPS) is 20.8. The number of carbonyl (C=O) groups is 2. The molecule has 1 fully saturated rings. The SMILES string of the molecule is CCC(C)N1C(=O)CC(Nc2ccc(I)cc2)C1=O. The van der Waals surface area contributed by atoms with Crippen LogP contribution in [-0.4, -0.2) is 28.8 Å². The lowest BCUT2D eigenvalue weighted by Gasteiger charge is -2.21. The summed E-state index contributed by atoms with van der Waals surface area (Å²) in [6.07, 6.45) is 1.03. The Balaban J connectivity index is 2.09. The van der Waals surface area contributed by atoms with E-state index in [1.54, 1.807) is 0 Å². The average molecular weight is 372 g/mol. The molecule has 1 aliphatic rings. The Morgan fingerprint density at radius 1 is 1.37 bits per heavy atom. The molecule has 2 rings (SSSR count). The van der Waals surface area contributed by atoms with E-state index in [0.29, 0.717) is 0 Å². The van der Waals surface area contributed by atoms with Gasteiger partial charge in [-0.3, -0.25) is 14.5 Å². The zero-order valence-corrected chi connectivity index (χ0v) is 13.2. The van der Waals surface area contributed by atoms with Gasteiger partial charge in [-0.2, -0.15) is 0 Å². The number of likely N-dealkylation sites (tertiary alicyclic amines) is 1. The molecule has 0 saturated carbocycles. The van der Waals surface area contributed by atoms with Crippen LogP contribution in [-0.2, 0) is 9.59 Å². The Labute approximate surface area is 126 Å². The number of nitrogens with one attached hydrogen (secondary N) is 1. The zero-order chi connectivity index (χ0) is 14.0. The third-order valence-corrected chi connectivity index (χ3v) is 4.12. The fourth-order valence-electron chi connectivity index (χ4n) is 2.16. The minimum Gasteiger partial charge on any atom is -0.373 e. The summed E-state index contributed by atoms with van der Waals surface area (Å²) >= 11 is 2.23. The van der Waals surface area contributed by atoms with Gasteiger partial charge in [-0.1, -0.05) is 6.92 Å². The smallest absolute Gasteiger partial charge is 0.252 e. The number of imide groups is 1. The molecule has 2 amide bonds. The largest absolute Gasteiger partial charge is 0.373 e. The molecule has 5 heteroatoms. The maximum absolute atomic E-state index is 12.2. The van der Waals surface area contributed by atoms with Crippen molar-refractivity contribution < 1.29 is 9.59 Å². The number of anilines is 1. The van der Waals surface area contributed by atoms with Gasteiger partial charge >= 0.3 is 0 Å². The van der Waals surface area contributed by atoms with Gasteiger partial charge in [0.1, 0.15) is 6.04 Å². The molecule has 4 nitrogen and oxygen atoms in total. The molecular weight excluding hydrogens is 355 g/mol.